The Morgan fingerprint density at radius 3 is 2.22 bits per heavy atom. The number of alkyl halides is 6. The second kappa shape index (κ2) is 10.1. The summed E-state index contributed by atoms with van der Waals surface area (Å²) in [6.07, 6.45) is -7.25. The molecule has 3 N–H and O–H groups in total. The first-order valence-electron chi connectivity index (χ1n) is 11.8. The fraction of sp³-hybridized carbons (Fsp3) is 0.385. The summed E-state index contributed by atoms with van der Waals surface area (Å²) in [5, 5.41) is 2.59. The Hall–Kier alpha value is -3.50. The molecule has 4 rings (SSSR count). The van der Waals surface area contributed by atoms with Crippen LogP contribution in [0.25, 0.3) is 0 Å². The smallest absolute Gasteiger partial charge is 0.394 e. The average molecular weight is 525 g/mol. The van der Waals surface area contributed by atoms with E-state index in [-0.39, 0.29) is 25.5 Å². The van der Waals surface area contributed by atoms with Gasteiger partial charge in [-0.05, 0) is 54.5 Å². The monoisotopic (exact) mass is 524 g/mol. The van der Waals surface area contributed by atoms with Crippen LogP contribution >= 0.6 is 0 Å². The van der Waals surface area contributed by atoms with Crippen LogP contribution in [0, 0.1) is 0 Å². The van der Waals surface area contributed by atoms with Crippen molar-refractivity contribution < 1.29 is 31.1 Å². The highest BCUT2D eigenvalue weighted by Crippen LogP contribution is 2.40. The maximum atomic E-state index is 13.7. The van der Waals surface area contributed by atoms with Crippen molar-refractivity contribution in [2.75, 3.05) is 13.1 Å². The molecule has 1 heterocycles. The van der Waals surface area contributed by atoms with Crippen LogP contribution in [-0.2, 0) is 17.5 Å². The van der Waals surface area contributed by atoms with Crippen LogP contribution in [0.15, 0.2) is 64.8 Å². The van der Waals surface area contributed by atoms with Gasteiger partial charge in [0.2, 0.25) is 0 Å². The summed E-state index contributed by atoms with van der Waals surface area (Å²) in [4.78, 5) is 18.7. The molecule has 37 heavy (non-hydrogen) atoms. The van der Waals surface area contributed by atoms with E-state index in [1.54, 1.807) is 6.92 Å². The van der Waals surface area contributed by atoms with Crippen molar-refractivity contribution in [1.82, 2.24) is 10.2 Å². The number of benzene rings is 2. The van der Waals surface area contributed by atoms with Crippen LogP contribution in [0.5, 0.6) is 0 Å². The highest BCUT2D eigenvalue weighted by Gasteiger charge is 2.40. The van der Waals surface area contributed by atoms with Crippen molar-refractivity contribution in [3.05, 3.63) is 82.1 Å². The molecule has 0 radical (unpaired) electrons. The van der Waals surface area contributed by atoms with Gasteiger partial charge in [-0.2, -0.15) is 26.3 Å². The van der Waals surface area contributed by atoms with Gasteiger partial charge in [-0.1, -0.05) is 36.4 Å². The summed E-state index contributed by atoms with van der Waals surface area (Å²) in [6, 6.07) is 11.2. The van der Waals surface area contributed by atoms with E-state index >= 15 is 0 Å². The lowest BCUT2D eigenvalue weighted by molar-refractivity contribution is -0.137. The Bertz CT molecular complexity index is 1200. The van der Waals surface area contributed by atoms with E-state index in [0.717, 1.165) is 30.5 Å². The van der Waals surface area contributed by atoms with Crippen LogP contribution in [0.1, 0.15) is 54.0 Å². The van der Waals surface area contributed by atoms with Gasteiger partial charge < -0.3 is 16.0 Å². The summed E-state index contributed by atoms with van der Waals surface area (Å²) in [7, 11) is 0. The van der Waals surface area contributed by atoms with Crippen LogP contribution in [0.4, 0.5) is 26.3 Å². The van der Waals surface area contributed by atoms with Crippen molar-refractivity contribution in [1.29, 1.82) is 0 Å². The first-order valence-corrected chi connectivity index (χ1v) is 11.8. The predicted octanol–water partition coefficient (Wildman–Crippen LogP) is 5.45. The zero-order valence-electron chi connectivity index (χ0n) is 20.0. The number of aliphatic imine (C=N–C) groups is 1. The van der Waals surface area contributed by atoms with Gasteiger partial charge in [-0.3, -0.25) is 9.79 Å². The SMILES string of the molecule is CC(NC(=O)C(C1=NCCN1Cc1ccc(C(F)(F)F)cc1)=C(N)C(F)(F)F)c1ccc(C2CC2)cc1. The first kappa shape index (κ1) is 26.6. The van der Waals surface area contributed by atoms with Crippen molar-refractivity contribution in [2.45, 2.75) is 50.6 Å². The number of halogens is 6. The molecule has 198 valence electrons. The minimum atomic E-state index is -4.99. The first-order chi connectivity index (χ1) is 17.3. The lowest BCUT2D eigenvalue weighted by Gasteiger charge is -2.25. The summed E-state index contributed by atoms with van der Waals surface area (Å²) >= 11 is 0. The van der Waals surface area contributed by atoms with E-state index in [1.807, 2.05) is 24.3 Å². The third kappa shape index (κ3) is 6.26. The molecule has 1 amide bonds. The molecule has 5 nitrogen and oxygen atoms in total. The maximum Gasteiger partial charge on any atom is 0.431 e. The molecule has 11 heteroatoms. The van der Waals surface area contributed by atoms with Crippen molar-refractivity contribution >= 4 is 11.7 Å². The molecule has 0 aromatic heterocycles. The molecular weight excluding hydrogens is 498 g/mol. The van der Waals surface area contributed by atoms with Gasteiger partial charge >= 0.3 is 12.4 Å². The number of allylic oxidation sites excluding steroid dienone is 1. The Morgan fingerprint density at radius 1 is 1.05 bits per heavy atom. The molecular formula is C26H26F6N4O. The predicted molar refractivity (Wildman–Crippen MR) is 126 cm³/mol. The third-order valence-electron chi connectivity index (χ3n) is 6.44. The molecule has 1 aliphatic carbocycles. The number of nitrogens with two attached hydrogens (primary N) is 1. The molecule has 1 unspecified atom stereocenters. The average Bonchev–Trinajstić information content (AvgIpc) is 3.59. The number of amides is 1. The number of carbonyl (C=O) groups is 1. The number of amidine groups is 1. The lowest BCUT2D eigenvalue weighted by atomic mass is 10.0. The zero-order chi connectivity index (χ0) is 27.0. The molecule has 2 aliphatic rings. The normalized spacial score (nSPS) is 17.8. The minimum absolute atomic E-state index is 0.0446. The quantitative estimate of drug-likeness (QED) is 0.374. The zero-order valence-corrected chi connectivity index (χ0v) is 20.0. The Balaban J connectivity index is 1.55. The van der Waals surface area contributed by atoms with Gasteiger partial charge in [0.1, 0.15) is 17.1 Å². The van der Waals surface area contributed by atoms with Gasteiger partial charge in [-0.25, -0.2) is 0 Å². The van der Waals surface area contributed by atoms with E-state index in [1.165, 1.54) is 22.6 Å². The van der Waals surface area contributed by atoms with E-state index in [4.69, 9.17) is 5.73 Å². The second-order valence-electron chi connectivity index (χ2n) is 9.24. The number of nitrogens with one attached hydrogen (secondary N) is 1. The summed E-state index contributed by atoms with van der Waals surface area (Å²) in [5.74, 6) is -0.744. The summed E-state index contributed by atoms with van der Waals surface area (Å²) < 4.78 is 79.6. The second-order valence-corrected chi connectivity index (χ2v) is 9.24. The Morgan fingerprint density at radius 2 is 1.68 bits per heavy atom. The lowest BCUT2D eigenvalue weighted by Crippen LogP contribution is -2.40. The molecule has 1 fully saturated rings. The Kier molecular flexibility index (Phi) is 7.25. The molecule has 0 saturated heterocycles. The fourth-order valence-electron chi connectivity index (χ4n) is 4.20. The number of nitrogens with zero attached hydrogens (tertiary/aromatic N) is 2. The Labute approximate surface area is 210 Å². The third-order valence-corrected chi connectivity index (χ3v) is 6.44. The number of carbonyl (C=O) groups excluding carboxylic acids is 1. The van der Waals surface area contributed by atoms with Crippen LogP contribution < -0.4 is 11.1 Å². The molecule has 2 aromatic rings. The molecule has 0 bridgehead atoms. The number of rotatable bonds is 7. The van der Waals surface area contributed by atoms with E-state index in [9.17, 15) is 31.1 Å². The van der Waals surface area contributed by atoms with Crippen molar-refractivity contribution in [3.63, 3.8) is 0 Å². The van der Waals surface area contributed by atoms with Crippen LogP contribution in [-0.4, -0.2) is 35.9 Å². The van der Waals surface area contributed by atoms with Crippen LogP contribution in [0.2, 0.25) is 0 Å². The standard InChI is InChI=1S/C26H26F6N4O/c1-15(17-4-6-18(7-5-17)19-8-9-19)35-24(37)21(22(33)26(30,31)32)23-34-12-13-36(23)14-16-2-10-20(11-3-16)25(27,28)29/h2-7,10-11,15,19H,8-9,12-14,33H2,1H3,(H,35,37). The van der Waals surface area contributed by atoms with Gasteiger partial charge in [-0.15, -0.1) is 0 Å². The number of hydrogen-bond donors (Lipinski definition) is 2. The van der Waals surface area contributed by atoms with Crippen molar-refractivity contribution in [2.24, 2.45) is 10.7 Å². The van der Waals surface area contributed by atoms with E-state index in [2.05, 4.69) is 10.3 Å². The van der Waals surface area contributed by atoms with Gasteiger partial charge in [0.25, 0.3) is 5.91 Å². The van der Waals surface area contributed by atoms with Gasteiger partial charge in [0.15, 0.2) is 0 Å². The molecule has 1 aliphatic heterocycles. The summed E-state index contributed by atoms with van der Waals surface area (Å²) in [6.45, 7) is 1.89. The summed E-state index contributed by atoms with van der Waals surface area (Å²) in [5.41, 5.74) is 4.52. The van der Waals surface area contributed by atoms with E-state index in [0.29, 0.717) is 11.5 Å². The van der Waals surface area contributed by atoms with E-state index < -0.39 is 41.1 Å². The fourth-order valence-corrected chi connectivity index (χ4v) is 4.20. The van der Waals surface area contributed by atoms with Crippen molar-refractivity contribution in [3.8, 4) is 0 Å². The van der Waals surface area contributed by atoms with Crippen LogP contribution in [0.3, 0.4) is 0 Å². The minimum Gasteiger partial charge on any atom is -0.394 e. The highest BCUT2D eigenvalue weighted by atomic mass is 19.4. The highest BCUT2D eigenvalue weighted by molar-refractivity contribution is 6.21. The number of hydrogen-bond acceptors (Lipinski definition) is 4. The molecule has 1 atom stereocenters. The maximum absolute atomic E-state index is 13.7. The molecule has 2 aromatic carbocycles. The van der Waals surface area contributed by atoms with Gasteiger partial charge in [0, 0.05) is 13.1 Å². The molecule has 0 spiro atoms. The molecule has 1 saturated carbocycles. The largest absolute Gasteiger partial charge is 0.431 e. The van der Waals surface area contributed by atoms with Gasteiger partial charge in [0.05, 0.1) is 18.2 Å². The topological polar surface area (TPSA) is 70.7 Å².